The predicted octanol–water partition coefficient (Wildman–Crippen LogP) is 6.71. The fourth-order valence-corrected chi connectivity index (χ4v) is 3.50. The molecule has 32 heavy (non-hydrogen) atoms. The Morgan fingerprint density at radius 1 is 0.625 bits per heavy atom. The lowest BCUT2D eigenvalue weighted by Crippen LogP contribution is -2.31. The average Bonchev–Trinajstić information content (AvgIpc) is 2.87. The first-order chi connectivity index (χ1) is 15.2. The van der Waals surface area contributed by atoms with Crippen LogP contribution >= 0.6 is 0 Å². The molecule has 2 aliphatic carbocycles. The van der Waals surface area contributed by atoms with Crippen molar-refractivity contribution in [2.24, 2.45) is 20.5 Å². The monoisotopic (exact) mass is 436 g/mol. The van der Waals surface area contributed by atoms with Crippen LogP contribution in [0.3, 0.4) is 0 Å². The van der Waals surface area contributed by atoms with Gasteiger partial charge in [-0.1, -0.05) is 26.7 Å². The molecule has 8 heteroatoms. The summed E-state index contributed by atoms with van der Waals surface area (Å²) in [6.45, 7) is 7.17. The van der Waals surface area contributed by atoms with Crippen LogP contribution in [0, 0.1) is 45.3 Å². The van der Waals surface area contributed by atoms with Gasteiger partial charge in [0.15, 0.2) is 22.2 Å². The minimum absolute atomic E-state index is 0.595. The second-order valence-electron chi connectivity index (χ2n) is 9.29. The second-order valence-corrected chi connectivity index (χ2v) is 9.29. The molecule has 0 radical (unpaired) electrons. The minimum atomic E-state index is -0.798. The first-order valence-corrected chi connectivity index (χ1v) is 11.7. The Hall–Kier alpha value is -2.84. The first-order valence-electron chi connectivity index (χ1n) is 11.7. The van der Waals surface area contributed by atoms with Crippen molar-refractivity contribution < 1.29 is 0 Å². The van der Waals surface area contributed by atoms with Crippen LogP contribution in [0.1, 0.15) is 105 Å². The topological polar surface area (TPSA) is 145 Å². The van der Waals surface area contributed by atoms with E-state index < -0.39 is 22.2 Å². The van der Waals surface area contributed by atoms with Gasteiger partial charge in [0.1, 0.15) is 0 Å². The molecule has 0 heterocycles. The Balaban J connectivity index is 0.000000333. The largest absolute Gasteiger partial charge is 0.196 e. The van der Waals surface area contributed by atoms with Crippen LogP contribution in [-0.4, -0.2) is 22.2 Å². The number of azo groups is 2. The van der Waals surface area contributed by atoms with E-state index >= 15 is 0 Å². The molecule has 8 nitrogen and oxygen atoms in total. The van der Waals surface area contributed by atoms with Crippen LogP contribution in [0.5, 0.6) is 0 Å². The van der Waals surface area contributed by atoms with E-state index in [0.717, 1.165) is 51.4 Å². The maximum absolute atomic E-state index is 9.34. The van der Waals surface area contributed by atoms with Gasteiger partial charge in [-0.15, -0.1) is 0 Å². The zero-order valence-corrected chi connectivity index (χ0v) is 20.1. The van der Waals surface area contributed by atoms with Gasteiger partial charge in [0.25, 0.3) is 0 Å². The molecule has 0 aromatic heterocycles. The van der Waals surface area contributed by atoms with Crippen LogP contribution in [0.2, 0.25) is 0 Å². The van der Waals surface area contributed by atoms with E-state index in [0.29, 0.717) is 12.8 Å². The highest BCUT2D eigenvalue weighted by Crippen LogP contribution is 2.36. The molecule has 0 amide bonds. The highest BCUT2D eigenvalue weighted by atomic mass is 15.2. The van der Waals surface area contributed by atoms with Crippen molar-refractivity contribution in [1.82, 2.24) is 0 Å². The molecule has 0 N–H and O–H groups in total. The standard InChI is InChI=1S/C14H20N4.C10H16N4/c15-11-13(7-3-1-4-8-13)17-18-14(12-16)9-5-2-6-10-14;1-5-9(3,7-11)13-14-10(4,6-2)8-12/h1-10H2;5-6H2,1-4H3/b18-17+;14-13+. The van der Waals surface area contributed by atoms with Crippen LogP contribution in [-0.2, 0) is 0 Å². The zero-order chi connectivity index (χ0) is 24.1. The lowest BCUT2D eigenvalue weighted by molar-refractivity contribution is 0.310. The lowest BCUT2D eigenvalue weighted by Gasteiger charge is -2.29. The van der Waals surface area contributed by atoms with Crippen LogP contribution in [0.4, 0.5) is 0 Å². The van der Waals surface area contributed by atoms with Crippen molar-refractivity contribution in [2.75, 3.05) is 0 Å². The van der Waals surface area contributed by atoms with Gasteiger partial charge in [-0.3, -0.25) is 0 Å². The Morgan fingerprint density at radius 2 is 0.938 bits per heavy atom. The summed E-state index contributed by atoms with van der Waals surface area (Å²) in [7, 11) is 0. The third kappa shape index (κ3) is 7.69. The summed E-state index contributed by atoms with van der Waals surface area (Å²) in [5, 5.41) is 52.9. The smallest absolute Gasteiger partial charge is 0.167 e. The van der Waals surface area contributed by atoms with Crippen molar-refractivity contribution in [2.45, 2.75) is 127 Å². The maximum Gasteiger partial charge on any atom is 0.167 e. The molecule has 2 atom stereocenters. The molecule has 0 aliphatic heterocycles. The molecular weight excluding hydrogens is 400 g/mol. The fraction of sp³-hybridized carbons (Fsp3) is 0.833. The molecule has 2 rings (SSSR count). The van der Waals surface area contributed by atoms with Gasteiger partial charge in [-0.05, 0) is 78.1 Å². The van der Waals surface area contributed by atoms with Gasteiger partial charge >= 0.3 is 0 Å². The van der Waals surface area contributed by atoms with Crippen molar-refractivity contribution in [3.63, 3.8) is 0 Å². The van der Waals surface area contributed by atoms with Crippen molar-refractivity contribution in [3.05, 3.63) is 0 Å². The number of nitrogens with zero attached hydrogens (tertiary/aromatic N) is 8. The first kappa shape index (κ1) is 27.2. The Morgan fingerprint density at radius 3 is 1.16 bits per heavy atom. The maximum atomic E-state index is 9.34. The van der Waals surface area contributed by atoms with Gasteiger partial charge in [0.05, 0.1) is 24.3 Å². The Kier molecular flexibility index (Phi) is 10.4. The van der Waals surface area contributed by atoms with Crippen LogP contribution in [0.15, 0.2) is 20.5 Å². The quantitative estimate of drug-likeness (QED) is 0.425. The van der Waals surface area contributed by atoms with E-state index in [1.54, 1.807) is 13.8 Å². The molecule has 2 aliphatic rings. The van der Waals surface area contributed by atoms with E-state index in [4.69, 9.17) is 10.5 Å². The molecular formula is C24H36N8. The van der Waals surface area contributed by atoms with Crippen molar-refractivity contribution in [3.8, 4) is 24.3 Å². The molecule has 2 unspecified atom stereocenters. The van der Waals surface area contributed by atoms with Crippen molar-refractivity contribution >= 4 is 0 Å². The summed E-state index contributed by atoms with van der Waals surface area (Å²) >= 11 is 0. The number of hydrogen-bond acceptors (Lipinski definition) is 8. The Labute approximate surface area is 193 Å². The Bertz CT molecular complexity index is 754. The van der Waals surface area contributed by atoms with Crippen LogP contribution < -0.4 is 0 Å². The van der Waals surface area contributed by atoms with Gasteiger partial charge in [-0.2, -0.15) is 41.5 Å². The minimum Gasteiger partial charge on any atom is -0.196 e. The molecule has 0 bridgehead atoms. The summed E-state index contributed by atoms with van der Waals surface area (Å²) in [5.74, 6) is 0. The van der Waals surface area contributed by atoms with E-state index in [2.05, 4.69) is 44.7 Å². The molecule has 0 saturated heterocycles. The normalized spacial score (nSPS) is 23.2. The number of rotatable bonds is 6. The SMILES string of the molecule is CCC(C)(C#N)/N=N/C(C)(C#N)CC.N#CC1(/N=N/C2(C#N)CCCCC2)CCCCC1. The summed E-state index contributed by atoms with van der Waals surface area (Å²) in [6.07, 6.45) is 10.9. The van der Waals surface area contributed by atoms with E-state index in [1.165, 1.54) is 12.8 Å². The lowest BCUT2D eigenvalue weighted by atomic mass is 9.82. The van der Waals surface area contributed by atoms with Gasteiger partial charge in [0, 0.05) is 0 Å². The molecule has 0 aromatic carbocycles. The summed E-state index contributed by atoms with van der Waals surface area (Å²) in [4.78, 5) is 0. The van der Waals surface area contributed by atoms with Crippen molar-refractivity contribution in [1.29, 1.82) is 21.0 Å². The molecule has 2 saturated carbocycles. The van der Waals surface area contributed by atoms with Gasteiger partial charge in [0.2, 0.25) is 0 Å². The number of nitriles is 4. The summed E-state index contributed by atoms with van der Waals surface area (Å²) in [6, 6.07) is 8.82. The zero-order valence-electron chi connectivity index (χ0n) is 20.1. The number of hydrogen-bond donors (Lipinski definition) is 0. The average molecular weight is 437 g/mol. The molecule has 2 fully saturated rings. The third-order valence-corrected chi connectivity index (χ3v) is 6.56. The van der Waals surface area contributed by atoms with E-state index in [9.17, 15) is 10.5 Å². The second kappa shape index (κ2) is 12.3. The van der Waals surface area contributed by atoms with Gasteiger partial charge < -0.3 is 0 Å². The fourth-order valence-electron chi connectivity index (χ4n) is 3.50. The molecule has 0 spiro atoms. The third-order valence-electron chi connectivity index (χ3n) is 6.56. The summed E-state index contributed by atoms with van der Waals surface area (Å²) in [5.41, 5.74) is -2.88. The van der Waals surface area contributed by atoms with E-state index in [1.807, 2.05) is 13.8 Å². The highest BCUT2D eigenvalue weighted by Gasteiger charge is 2.36. The summed E-state index contributed by atoms with van der Waals surface area (Å²) < 4.78 is 0. The van der Waals surface area contributed by atoms with E-state index in [-0.39, 0.29) is 0 Å². The predicted molar refractivity (Wildman–Crippen MR) is 121 cm³/mol. The molecule has 0 aromatic rings. The highest BCUT2D eigenvalue weighted by molar-refractivity contribution is 5.12. The van der Waals surface area contributed by atoms with Crippen LogP contribution in [0.25, 0.3) is 0 Å². The van der Waals surface area contributed by atoms with Gasteiger partial charge in [-0.25, -0.2) is 0 Å². The molecule has 172 valence electrons.